The van der Waals surface area contributed by atoms with Crippen molar-refractivity contribution in [3.05, 3.63) is 41.9 Å². The number of rotatable bonds is 5. The first-order valence-corrected chi connectivity index (χ1v) is 5.52. The minimum atomic E-state index is -4.95. The van der Waals surface area contributed by atoms with E-state index in [-0.39, 0.29) is 6.54 Å². The van der Waals surface area contributed by atoms with E-state index in [1.807, 2.05) is 31.2 Å². The Bertz CT molecular complexity index is 384. The second-order valence-electron chi connectivity index (χ2n) is 4.11. The van der Waals surface area contributed by atoms with Crippen molar-refractivity contribution in [3.63, 3.8) is 0 Å². The van der Waals surface area contributed by atoms with Gasteiger partial charge in [0.15, 0.2) is 0 Å². The van der Waals surface area contributed by atoms with Gasteiger partial charge in [-0.15, -0.1) is 12.1 Å². The van der Waals surface area contributed by atoms with Gasteiger partial charge in [0.05, 0.1) is 0 Å². The Morgan fingerprint density at radius 2 is 1.76 bits per heavy atom. The van der Waals surface area contributed by atoms with Crippen LogP contribution in [0.4, 0.5) is 18.6 Å². The molecule has 0 aliphatic rings. The number of benzene rings is 1. The Balaban J connectivity index is 2.70. The van der Waals surface area contributed by atoms with Gasteiger partial charge in [-0.05, 0) is 24.1 Å². The molecule has 1 aromatic carbocycles. The molecule has 0 spiro atoms. The van der Waals surface area contributed by atoms with E-state index in [1.165, 1.54) is 5.56 Å². The van der Waals surface area contributed by atoms with Crippen molar-refractivity contribution in [2.75, 3.05) is 18.5 Å². The van der Waals surface area contributed by atoms with E-state index in [4.69, 9.17) is 0 Å². The van der Waals surface area contributed by atoms with Crippen molar-refractivity contribution in [3.8, 4) is 0 Å². The second-order valence-corrected chi connectivity index (χ2v) is 4.11. The van der Waals surface area contributed by atoms with E-state index in [0.717, 1.165) is 12.1 Å². The van der Waals surface area contributed by atoms with Gasteiger partial charge in [0.2, 0.25) is 0 Å². The fourth-order valence-corrected chi connectivity index (χ4v) is 1.49. The average Bonchev–Trinajstić information content (AvgIpc) is 2.27. The lowest BCUT2D eigenvalue weighted by molar-refractivity contribution is 0.488. The molecule has 1 rings (SSSR count). The monoisotopic (exact) mass is 242 g/mol. The summed E-state index contributed by atoms with van der Waals surface area (Å²) in [6, 6.07) is 7.51. The molecule has 0 fully saturated rings. The molecule has 1 nitrogen and oxygen atoms in total. The van der Waals surface area contributed by atoms with Crippen LogP contribution in [0.1, 0.15) is 12.5 Å². The van der Waals surface area contributed by atoms with Crippen molar-refractivity contribution in [1.29, 1.82) is 0 Å². The summed E-state index contributed by atoms with van der Waals surface area (Å²) in [5.41, 5.74) is 1.26. The lowest BCUT2D eigenvalue weighted by Gasteiger charge is -2.26. The molecule has 0 heterocycles. The second kappa shape index (κ2) is 5.30. The number of likely N-dealkylation sites (N-methyl/N-ethyl adjacent to an activating group) is 1. The largest absolute Gasteiger partial charge is 0.506 e. The maximum atomic E-state index is 12.4. The summed E-state index contributed by atoms with van der Waals surface area (Å²) in [5.74, 6) is 0. The standard InChI is InChI=1S/C12H16BF3N/c1-4-11-5-7-12(8-6-11)17(3)9-10(2)13(14,15)16/h5-8H,2,4,9H2,1,3H3/q-1. The minimum Gasteiger partial charge on any atom is -0.445 e. The molecule has 94 valence electrons. The van der Waals surface area contributed by atoms with Crippen molar-refractivity contribution in [2.45, 2.75) is 13.3 Å². The van der Waals surface area contributed by atoms with Crippen LogP contribution in [0.15, 0.2) is 36.3 Å². The van der Waals surface area contributed by atoms with Crippen LogP contribution >= 0.6 is 0 Å². The summed E-state index contributed by atoms with van der Waals surface area (Å²) in [4.78, 5) is 1.55. The molecule has 0 saturated heterocycles. The van der Waals surface area contributed by atoms with Crippen molar-refractivity contribution in [1.82, 2.24) is 0 Å². The van der Waals surface area contributed by atoms with Crippen LogP contribution in [-0.4, -0.2) is 20.6 Å². The normalized spacial score (nSPS) is 11.4. The summed E-state index contributed by atoms with van der Waals surface area (Å²) >= 11 is 0. The lowest BCUT2D eigenvalue weighted by Crippen LogP contribution is -2.30. The molecular formula is C12H16BF3N-. The molecule has 0 bridgehead atoms. The van der Waals surface area contributed by atoms with Crippen molar-refractivity contribution in [2.24, 2.45) is 0 Å². The molecule has 0 aromatic heterocycles. The van der Waals surface area contributed by atoms with Gasteiger partial charge in [-0.25, -0.2) is 0 Å². The Labute approximate surface area is 100.0 Å². The third-order valence-corrected chi connectivity index (χ3v) is 2.69. The molecule has 0 aliphatic carbocycles. The molecule has 0 radical (unpaired) electrons. The number of nitrogens with zero attached hydrogens (tertiary/aromatic N) is 1. The average molecular weight is 242 g/mol. The highest BCUT2D eigenvalue weighted by atomic mass is 19.4. The SMILES string of the molecule is C=C(CN(C)c1ccc(CC)cc1)[B-](F)(F)F. The fourth-order valence-electron chi connectivity index (χ4n) is 1.49. The molecule has 5 heteroatoms. The van der Waals surface area contributed by atoms with E-state index in [2.05, 4.69) is 6.58 Å². The van der Waals surface area contributed by atoms with Crippen LogP contribution in [0, 0.1) is 0 Å². The smallest absolute Gasteiger partial charge is 0.445 e. The Morgan fingerprint density at radius 3 is 2.18 bits per heavy atom. The van der Waals surface area contributed by atoms with Crippen LogP contribution in [0.2, 0.25) is 0 Å². The number of hydrogen-bond acceptors (Lipinski definition) is 1. The summed E-state index contributed by atoms with van der Waals surface area (Å²) < 4.78 is 37.1. The van der Waals surface area contributed by atoms with Gasteiger partial charge in [0.1, 0.15) is 0 Å². The topological polar surface area (TPSA) is 3.24 Å². The van der Waals surface area contributed by atoms with E-state index < -0.39 is 12.4 Å². The zero-order chi connectivity index (χ0) is 13.1. The fraction of sp³-hybridized carbons (Fsp3) is 0.333. The maximum Gasteiger partial charge on any atom is 0.506 e. The predicted octanol–water partition coefficient (Wildman–Crippen LogP) is 3.63. The van der Waals surface area contributed by atoms with Gasteiger partial charge in [0.25, 0.3) is 0 Å². The number of anilines is 1. The first-order chi connectivity index (χ1) is 7.84. The summed E-state index contributed by atoms with van der Waals surface area (Å²) in [6.45, 7) is -0.0114. The van der Waals surface area contributed by atoms with Crippen LogP contribution < -0.4 is 4.90 Å². The molecule has 0 N–H and O–H groups in total. The highest BCUT2D eigenvalue weighted by molar-refractivity contribution is 6.66. The third kappa shape index (κ3) is 3.84. The molecule has 17 heavy (non-hydrogen) atoms. The summed E-state index contributed by atoms with van der Waals surface area (Å²) in [6.07, 6.45) is 0.919. The van der Waals surface area contributed by atoms with E-state index in [0.29, 0.717) is 0 Å². The van der Waals surface area contributed by atoms with Gasteiger partial charge in [0, 0.05) is 19.3 Å². The van der Waals surface area contributed by atoms with E-state index >= 15 is 0 Å². The van der Waals surface area contributed by atoms with Gasteiger partial charge >= 0.3 is 6.98 Å². The Hall–Kier alpha value is -1.39. The number of halogens is 3. The highest BCUT2D eigenvalue weighted by Crippen LogP contribution is 2.21. The highest BCUT2D eigenvalue weighted by Gasteiger charge is 2.27. The summed E-state index contributed by atoms with van der Waals surface area (Å²) in [5, 5.41) is 0. The van der Waals surface area contributed by atoms with Gasteiger partial charge in [-0.1, -0.05) is 19.1 Å². The Morgan fingerprint density at radius 1 is 1.24 bits per heavy atom. The summed E-state index contributed by atoms with van der Waals surface area (Å²) in [7, 11) is 1.63. The first-order valence-electron chi connectivity index (χ1n) is 5.52. The number of aryl methyl sites for hydroxylation is 1. The Kier molecular flexibility index (Phi) is 4.26. The van der Waals surface area contributed by atoms with Crippen LogP contribution in [0.3, 0.4) is 0 Å². The zero-order valence-corrected chi connectivity index (χ0v) is 10.1. The lowest BCUT2D eigenvalue weighted by atomic mass is 9.80. The van der Waals surface area contributed by atoms with Crippen LogP contribution in [0.25, 0.3) is 0 Å². The van der Waals surface area contributed by atoms with E-state index in [9.17, 15) is 12.9 Å². The van der Waals surface area contributed by atoms with E-state index in [1.54, 1.807) is 11.9 Å². The quantitative estimate of drug-likeness (QED) is 0.712. The van der Waals surface area contributed by atoms with Crippen LogP contribution in [-0.2, 0) is 6.42 Å². The van der Waals surface area contributed by atoms with Crippen LogP contribution in [0.5, 0.6) is 0 Å². The van der Waals surface area contributed by atoms with Crippen molar-refractivity contribution >= 4 is 12.7 Å². The van der Waals surface area contributed by atoms with Gasteiger partial charge < -0.3 is 17.8 Å². The predicted molar refractivity (Wildman–Crippen MR) is 67.3 cm³/mol. The molecule has 0 aliphatic heterocycles. The molecule has 0 saturated carbocycles. The molecule has 1 aromatic rings. The molecule has 0 atom stereocenters. The number of hydrogen-bond donors (Lipinski definition) is 0. The van der Waals surface area contributed by atoms with Gasteiger partial charge in [-0.3, -0.25) is 0 Å². The zero-order valence-electron chi connectivity index (χ0n) is 10.1. The van der Waals surface area contributed by atoms with Crippen molar-refractivity contribution < 1.29 is 12.9 Å². The van der Waals surface area contributed by atoms with Gasteiger partial charge in [-0.2, -0.15) is 0 Å². The molecule has 0 amide bonds. The minimum absolute atomic E-state index is 0.186. The third-order valence-electron chi connectivity index (χ3n) is 2.69. The first kappa shape index (κ1) is 13.7. The maximum absolute atomic E-state index is 12.4. The molecular weight excluding hydrogens is 226 g/mol. The molecule has 0 unspecified atom stereocenters.